The maximum absolute atomic E-state index is 5.92. The van der Waals surface area contributed by atoms with Crippen LogP contribution in [0.15, 0.2) is 54.7 Å². The molecule has 3 aromatic rings. The lowest BCUT2D eigenvalue weighted by atomic mass is 9.93. The Morgan fingerprint density at radius 3 is 2.41 bits per heavy atom. The van der Waals surface area contributed by atoms with Crippen molar-refractivity contribution in [2.75, 3.05) is 39.4 Å². The molecule has 1 aromatic carbocycles. The molecule has 34 heavy (non-hydrogen) atoms. The third-order valence-electron chi connectivity index (χ3n) is 7.28. The zero-order valence-corrected chi connectivity index (χ0v) is 21.0. The molecule has 0 radical (unpaired) electrons. The molecule has 2 aromatic heterocycles. The largest absolute Gasteiger partial charge is 0.379 e. The topological polar surface area (TPSA) is 45.6 Å². The van der Waals surface area contributed by atoms with E-state index in [-0.39, 0.29) is 12.1 Å². The summed E-state index contributed by atoms with van der Waals surface area (Å²) < 4.78 is 7.92. The first-order valence-electron chi connectivity index (χ1n) is 12.1. The molecule has 2 aliphatic heterocycles. The average molecular weight is 476 g/mol. The fourth-order valence-corrected chi connectivity index (χ4v) is 5.77. The molecule has 2 fully saturated rings. The summed E-state index contributed by atoms with van der Waals surface area (Å²) >= 11 is 5.92. The third kappa shape index (κ3) is 4.24. The van der Waals surface area contributed by atoms with Crippen molar-refractivity contribution in [1.29, 1.82) is 0 Å². The molecule has 4 heterocycles. The molecule has 2 saturated heterocycles. The van der Waals surface area contributed by atoms with Gasteiger partial charge >= 0.3 is 0 Å². The molecule has 5 rings (SSSR count). The highest BCUT2D eigenvalue weighted by Crippen LogP contribution is 2.43. The highest BCUT2D eigenvalue weighted by atomic mass is 32.1. The Kier molecular flexibility index (Phi) is 6.68. The van der Waals surface area contributed by atoms with E-state index in [1.54, 1.807) is 0 Å². The van der Waals surface area contributed by atoms with Gasteiger partial charge in [0.2, 0.25) is 0 Å². The Morgan fingerprint density at radius 2 is 1.71 bits per heavy atom. The molecule has 0 spiro atoms. The summed E-state index contributed by atoms with van der Waals surface area (Å²) in [6.45, 7) is 12.1. The second-order valence-corrected chi connectivity index (χ2v) is 9.54. The highest BCUT2D eigenvalue weighted by molar-refractivity contribution is 7.80. The van der Waals surface area contributed by atoms with Gasteiger partial charge in [-0.3, -0.25) is 9.88 Å². The maximum atomic E-state index is 5.92. The van der Waals surface area contributed by atoms with Crippen LogP contribution in [0.4, 0.5) is 0 Å². The van der Waals surface area contributed by atoms with Gasteiger partial charge in [0.25, 0.3) is 0 Å². The smallest absolute Gasteiger partial charge is 0.170 e. The van der Waals surface area contributed by atoms with Crippen molar-refractivity contribution in [1.82, 2.24) is 24.7 Å². The van der Waals surface area contributed by atoms with Crippen molar-refractivity contribution in [3.63, 3.8) is 0 Å². The van der Waals surface area contributed by atoms with Crippen LogP contribution in [0.1, 0.15) is 40.3 Å². The summed E-state index contributed by atoms with van der Waals surface area (Å²) in [7, 11) is 0. The number of hydrogen-bond acceptors (Lipinski definition) is 4. The summed E-state index contributed by atoms with van der Waals surface area (Å²) in [5.41, 5.74) is 7.39. The van der Waals surface area contributed by atoms with Crippen molar-refractivity contribution < 1.29 is 4.74 Å². The molecule has 2 aliphatic rings. The number of nitrogens with one attached hydrogen (secondary N) is 1. The van der Waals surface area contributed by atoms with E-state index in [4.69, 9.17) is 21.9 Å². The third-order valence-corrected chi connectivity index (χ3v) is 7.63. The summed E-state index contributed by atoms with van der Waals surface area (Å²) in [6.07, 6.45) is 1.87. The van der Waals surface area contributed by atoms with E-state index in [2.05, 4.69) is 82.9 Å². The lowest BCUT2D eigenvalue weighted by Gasteiger charge is -2.32. The van der Waals surface area contributed by atoms with Crippen molar-refractivity contribution in [3.05, 3.63) is 82.9 Å². The summed E-state index contributed by atoms with van der Waals surface area (Å²) in [5.74, 6) is 0. The molecule has 2 atom stereocenters. The summed E-state index contributed by atoms with van der Waals surface area (Å²) in [6, 6.07) is 16.8. The normalized spacial score (nSPS) is 21.1. The number of aromatic nitrogens is 2. The van der Waals surface area contributed by atoms with Crippen LogP contribution in [-0.2, 0) is 4.74 Å². The molecule has 0 saturated carbocycles. The van der Waals surface area contributed by atoms with Crippen LogP contribution in [0.5, 0.6) is 0 Å². The van der Waals surface area contributed by atoms with E-state index < -0.39 is 0 Å². The molecule has 1 N–H and O–H groups in total. The molecule has 7 heteroatoms. The van der Waals surface area contributed by atoms with Gasteiger partial charge in [-0.2, -0.15) is 0 Å². The predicted molar refractivity (Wildman–Crippen MR) is 139 cm³/mol. The van der Waals surface area contributed by atoms with Gasteiger partial charge in [-0.05, 0) is 62.8 Å². The van der Waals surface area contributed by atoms with Gasteiger partial charge in [-0.25, -0.2) is 0 Å². The molecule has 0 unspecified atom stereocenters. The lowest BCUT2D eigenvalue weighted by molar-refractivity contribution is 0.0350. The van der Waals surface area contributed by atoms with Crippen molar-refractivity contribution in [2.45, 2.75) is 32.9 Å². The zero-order valence-electron chi connectivity index (χ0n) is 20.2. The fraction of sp³-hybridized carbons (Fsp3) is 0.407. The Balaban J connectivity index is 1.56. The van der Waals surface area contributed by atoms with Gasteiger partial charge in [0.1, 0.15) is 0 Å². The minimum Gasteiger partial charge on any atom is -0.379 e. The molecule has 0 amide bonds. The summed E-state index contributed by atoms with van der Waals surface area (Å²) in [4.78, 5) is 9.57. The molecular formula is C27H33N5OS. The van der Waals surface area contributed by atoms with Gasteiger partial charge in [0.15, 0.2) is 5.11 Å². The Labute approximate surface area is 207 Å². The quantitative estimate of drug-likeness (QED) is 0.542. The number of benzene rings is 1. The predicted octanol–water partition coefficient (Wildman–Crippen LogP) is 4.10. The molecular weight excluding hydrogens is 442 g/mol. The number of morpholine rings is 1. The lowest BCUT2D eigenvalue weighted by Crippen LogP contribution is -2.42. The van der Waals surface area contributed by atoms with Gasteiger partial charge < -0.3 is 19.5 Å². The minimum absolute atomic E-state index is 0.00168. The van der Waals surface area contributed by atoms with Gasteiger partial charge in [0, 0.05) is 55.0 Å². The number of pyridine rings is 1. The zero-order chi connectivity index (χ0) is 23.7. The summed E-state index contributed by atoms with van der Waals surface area (Å²) in [5, 5.41) is 4.43. The fourth-order valence-electron chi connectivity index (χ4n) is 5.44. The van der Waals surface area contributed by atoms with Crippen LogP contribution in [0.2, 0.25) is 0 Å². The number of para-hydroxylation sites is 1. The first-order valence-corrected chi connectivity index (χ1v) is 12.5. The molecule has 178 valence electrons. The molecule has 0 bridgehead atoms. The first-order chi connectivity index (χ1) is 16.6. The number of nitrogens with zero attached hydrogens (tertiary/aromatic N) is 4. The Morgan fingerprint density at radius 1 is 0.971 bits per heavy atom. The van der Waals surface area contributed by atoms with Crippen LogP contribution >= 0.6 is 12.2 Å². The van der Waals surface area contributed by atoms with E-state index in [1.165, 1.54) is 28.2 Å². The Hall–Kier alpha value is -2.74. The van der Waals surface area contributed by atoms with Crippen LogP contribution in [-0.4, -0.2) is 63.9 Å². The number of thiocarbonyl (C=S) groups is 1. The van der Waals surface area contributed by atoms with Crippen LogP contribution < -0.4 is 5.32 Å². The maximum Gasteiger partial charge on any atom is 0.170 e. The SMILES string of the molecule is Cc1c([C@H]2[C@H](c3ccccn3)NC(=S)N2CCN2CCOCC2)c(C)n(-c2ccccc2)c1C. The number of ether oxygens (including phenoxy) is 1. The van der Waals surface area contributed by atoms with Gasteiger partial charge in [-0.1, -0.05) is 24.3 Å². The van der Waals surface area contributed by atoms with E-state index in [0.29, 0.717) is 0 Å². The number of hydrogen-bond donors (Lipinski definition) is 1. The monoisotopic (exact) mass is 475 g/mol. The van der Waals surface area contributed by atoms with E-state index in [1.807, 2.05) is 12.3 Å². The minimum atomic E-state index is 0.00168. The van der Waals surface area contributed by atoms with Crippen LogP contribution in [0, 0.1) is 20.8 Å². The second kappa shape index (κ2) is 9.86. The Bertz CT molecular complexity index is 1140. The number of rotatable bonds is 6. The molecule has 6 nitrogen and oxygen atoms in total. The van der Waals surface area contributed by atoms with Crippen LogP contribution in [0.25, 0.3) is 5.69 Å². The van der Waals surface area contributed by atoms with Crippen LogP contribution in [0.3, 0.4) is 0 Å². The molecule has 0 aliphatic carbocycles. The van der Waals surface area contributed by atoms with E-state index in [9.17, 15) is 0 Å². The van der Waals surface area contributed by atoms with E-state index >= 15 is 0 Å². The highest BCUT2D eigenvalue weighted by Gasteiger charge is 2.42. The average Bonchev–Trinajstić information content (AvgIpc) is 3.31. The first kappa shape index (κ1) is 23.0. The van der Waals surface area contributed by atoms with Gasteiger partial charge in [-0.15, -0.1) is 0 Å². The van der Waals surface area contributed by atoms with Crippen molar-refractivity contribution in [2.24, 2.45) is 0 Å². The van der Waals surface area contributed by atoms with Gasteiger partial charge in [0.05, 0.1) is 31.0 Å². The van der Waals surface area contributed by atoms with Crippen molar-refractivity contribution in [3.8, 4) is 5.69 Å². The standard InChI is InChI=1S/C27H33N5OS/c1-19-20(2)32(22-9-5-4-6-10-22)21(3)24(19)26-25(23-11-7-8-12-28-23)29-27(34)31(26)14-13-30-15-17-33-18-16-30/h4-12,25-26H,13-18H2,1-3H3,(H,29,34)/t25-,26-/m0/s1. The van der Waals surface area contributed by atoms with E-state index in [0.717, 1.165) is 50.2 Å². The van der Waals surface area contributed by atoms with Crippen molar-refractivity contribution >= 4 is 17.3 Å². The second-order valence-electron chi connectivity index (χ2n) is 9.15.